The Bertz CT molecular complexity index is 392. The summed E-state index contributed by atoms with van der Waals surface area (Å²) in [6.07, 6.45) is 0. The fourth-order valence-electron chi connectivity index (χ4n) is 3.44. The number of rotatable bonds is 5. The van der Waals surface area contributed by atoms with E-state index in [2.05, 4.69) is 60.9 Å². The van der Waals surface area contributed by atoms with Crippen LogP contribution >= 0.6 is 0 Å². The van der Waals surface area contributed by atoms with Gasteiger partial charge in [-0.05, 0) is 24.9 Å². The maximum atomic E-state index is 6.10. The Morgan fingerprint density at radius 1 is 1.25 bits per heavy atom. The zero-order chi connectivity index (χ0) is 14.5. The molecule has 0 radical (unpaired) electrons. The van der Waals surface area contributed by atoms with E-state index in [1.165, 1.54) is 5.56 Å². The second-order valence-electron chi connectivity index (χ2n) is 5.97. The summed E-state index contributed by atoms with van der Waals surface area (Å²) in [5.41, 5.74) is 7.50. The van der Waals surface area contributed by atoms with E-state index in [9.17, 15) is 0 Å². The van der Waals surface area contributed by atoms with Gasteiger partial charge in [-0.25, -0.2) is 0 Å². The molecule has 0 bridgehead atoms. The monoisotopic (exact) mass is 275 g/mol. The topological polar surface area (TPSA) is 32.5 Å². The quantitative estimate of drug-likeness (QED) is 0.893. The van der Waals surface area contributed by atoms with Crippen molar-refractivity contribution in [3.63, 3.8) is 0 Å². The van der Waals surface area contributed by atoms with Gasteiger partial charge in [0, 0.05) is 38.3 Å². The van der Waals surface area contributed by atoms with E-state index in [-0.39, 0.29) is 0 Å². The Hall–Kier alpha value is -0.900. The Kier molecular flexibility index (Phi) is 5.58. The lowest BCUT2D eigenvalue weighted by atomic mass is 9.91. The predicted octanol–water partition coefficient (Wildman–Crippen LogP) is 2.14. The predicted molar refractivity (Wildman–Crippen MR) is 86.0 cm³/mol. The van der Waals surface area contributed by atoms with Crippen molar-refractivity contribution in [3.8, 4) is 0 Å². The molecule has 0 spiro atoms. The van der Waals surface area contributed by atoms with Crippen LogP contribution in [0.25, 0.3) is 0 Å². The van der Waals surface area contributed by atoms with Crippen molar-refractivity contribution in [2.75, 3.05) is 32.7 Å². The van der Waals surface area contributed by atoms with Crippen LogP contribution in [-0.2, 0) is 0 Å². The molecule has 20 heavy (non-hydrogen) atoms. The molecule has 0 aromatic heterocycles. The highest BCUT2D eigenvalue weighted by molar-refractivity contribution is 5.20. The van der Waals surface area contributed by atoms with Gasteiger partial charge >= 0.3 is 0 Å². The van der Waals surface area contributed by atoms with Crippen LogP contribution in [0.15, 0.2) is 30.3 Å². The molecule has 1 aromatic rings. The minimum atomic E-state index is 0.443. The van der Waals surface area contributed by atoms with Gasteiger partial charge in [0.15, 0.2) is 0 Å². The molecule has 2 rings (SSSR count). The highest BCUT2D eigenvalue weighted by Gasteiger charge is 2.30. The summed E-state index contributed by atoms with van der Waals surface area (Å²) in [5.74, 6) is 0.488. The molecule has 112 valence electrons. The maximum Gasteiger partial charge on any atom is 0.0285 e. The van der Waals surface area contributed by atoms with Crippen LogP contribution in [-0.4, -0.2) is 54.6 Å². The fraction of sp³-hybridized carbons (Fsp3) is 0.647. The average molecular weight is 275 g/mol. The summed E-state index contributed by atoms with van der Waals surface area (Å²) in [6, 6.07) is 11.8. The smallest absolute Gasteiger partial charge is 0.0285 e. The lowest BCUT2D eigenvalue weighted by molar-refractivity contribution is 0.0540. The zero-order valence-corrected chi connectivity index (χ0v) is 13.1. The molecule has 3 unspecified atom stereocenters. The van der Waals surface area contributed by atoms with Gasteiger partial charge in [-0.1, -0.05) is 44.2 Å². The fourth-order valence-corrected chi connectivity index (χ4v) is 3.44. The number of hydrogen-bond acceptors (Lipinski definition) is 3. The molecule has 1 fully saturated rings. The molecule has 3 atom stereocenters. The van der Waals surface area contributed by atoms with E-state index in [0.717, 1.165) is 32.7 Å². The van der Waals surface area contributed by atoms with E-state index < -0.39 is 0 Å². The average Bonchev–Trinajstić information content (AvgIpc) is 2.49. The van der Waals surface area contributed by atoms with E-state index in [0.29, 0.717) is 18.0 Å². The van der Waals surface area contributed by atoms with Crippen LogP contribution in [0.1, 0.15) is 32.3 Å². The van der Waals surface area contributed by atoms with Crippen molar-refractivity contribution in [1.29, 1.82) is 0 Å². The van der Waals surface area contributed by atoms with Crippen LogP contribution < -0.4 is 5.73 Å². The third-order valence-electron chi connectivity index (χ3n) is 4.82. The molecule has 2 N–H and O–H groups in total. The summed E-state index contributed by atoms with van der Waals surface area (Å²) in [4.78, 5) is 5.14. The Morgan fingerprint density at radius 3 is 2.50 bits per heavy atom. The lowest BCUT2D eigenvalue weighted by Gasteiger charge is -2.44. The summed E-state index contributed by atoms with van der Waals surface area (Å²) in [6.45, 7) is 12.2. The van der Waals surface area contributed by atoms with Crippen molar-refractivity contribution in [1.82, 2.24) is 9.80 Å². The van der Waals surface area contributed by atoms with Gasteiger partial charge in [-0.3, -0.25) is 9.80 Å². The highest BCUT2D eigenvalue weighted by Crippen LogP contribution is 2.24. The van der Waals surface area contributed by atoms with Crippen LogP contribution in [0.3, 0.4) is 0 Å². The maximum absolute atomic E-state index is 6.10. The van der Waals surface area contributed by atoms with Crippen molar-refractivity contribution >= 4 is 0 Å². The van der Waals surface area contributed by atoms with Crippen LogP contribution in [0, 0.1) is 0 Å². The Balaban J connectivity index is 2.05. The highest BCUT2D eigenvalue weighted by atomic mass is 15.3. The summed E-state index contributed by atoms with van der Waals surface area (Å²) < 4.78 is 0. The normalized spacial score (nSPS) is 24.5. The number of nitrogens with zero attached hydrogens (tertiary/aromatic N) is 2. The van der Waals surface area contributed by atoms with Gasteiger partial charge in [0.2, 0.25) is 0 Å². The summed E-state index contributed by atoms with van der Waals surface area (Å²) in [5, 5.41) is 0. The van der Waals surface area contributed by atoms with E-state index in [4.69, 9.17) is 5.73 Å². The molecule has 0 saturated carbocycles. The molecule has 1 heterocycles. The first-order valence-electron chi connectivity index (χ1n) is 7.90. The first-order valence-corrected chi connectivity index (χ1v) is 7.90. The third-order valence-corrected chi connectivity index (χ3v) is 4.82. The molecule has 1 aliphatic heterocycles. The molecule has 1 aromatic carbocycles. The van der Waals surface area contributed by atoms with Gasteiger partial charge in [-0.15, -0.1) is 0 Å². The van der Waals surface area contributed by atoms with Crippen LogP contribution in [0.2, 0.25) is 0 Å². The molecule has 1 saturated heterocycles. The lowest BCUT2D eigenvalue weighted by Crippen LogP contribution is -2.57. The summed E-state index contributed by atoms with van der Waals surface area (Å²) in [7, 11) is 0. The van der Waals surface area contributed by atoms with E-state index in [1.54, 1.807) is 0 Å². The minimum absolute atomic E-state index is 0.443. The number of likely N-dealkylation sites (N-methyl/N-ethyl adjacent to an activating group) is 1. The standard InChI is InChI=1S/C17H29N3/c1-4-19-10-11-20(13-14(19)2)17(12-18)15(3)16-8-6-5-7-9-16/h5-9,14-15,17H,4,10-13,18H2,1-3H3. The number of piperazine rings is 1. The van der Waals surface area contributed by atoms with Crippen LogP contribution in [0.5, 0.6) is 0 Å². The van der Waals surface area contributed by atoms with Crippen molar-refractivity contribution in [3.05, 3.63) is 35.9 Å². The molecule has 0 aliphatic carbocycles. The largest absolute Gasteiger partial charge is 0.329 e. The second-order valence-corrected chi connectivity index (χ2v) is 5.97. The molecule has 0 amide bonds. The van der Waals surface area contributed by atoms with E-state index in [1.807, 2.05) is 0 Å². The zero-order valence-electron chi connectivity index (χ0n) is 13.1. The minimum Gasteiger partial charge on any atom is -0.329 e. The molecule has 3 heteroatoms. The van der Waals surface area contributed by atoms with Crippen LogP contribution in [0.4, 0.5) is 0 Å². The second kappa shape index (κ2) is 7.21. The number of hydrogen-bond donors (Lipinski definition) is 1. The first-order chi connectivity index (χ1) is 9.67. The molecular weight excluding hydrogens is 246 g/mol. The number of nitrogens with two attached hydrogens (primary N) is 1. The van der Waals surface area contributed by atoms with Gasteiger partial charge in [0.05, 0.1) is 0 Å². The van der Waals surface area contributed by atoms with E-state index >= 15 is 0 Å². The van der Waals surface area contributed by atoms with Gasteiger partial charge in [-0.2, -0.15) is 0 Å². The molecular formula is C17H29N3. The Labute approximate surface area is 123 Å². The summed E-state index contributed by atoms with van der Waals surface area (Å²) >= 11 is 0. The van der Waals surface area contributed by atoms with Gasteiger partial charge in [0.1, 0.15) is 0 Å². The molecule has 3 nitrogen and oxygen atoms in total. The Morgan fingerprint density at radius 2 is 1.95 bits per heavy atom. The van der Waals surface area contributed by atoms with Crippen molar-refractivity contribution in [2.45, 2.75) is 38.8 Å². The SMILES string of the molecule is CCN1CCN(C(CN)C(C)c2ccccc2)CC1C. The first kappa shape index (κ1) is 15.5. The van der Waals surface area contributed by atoms with Gasteiger partial charge < -0.3 is 5.73 Å². The number of benzene rings is 1. The third kappa shape index (κ3) is 3.40. The van der Waals surface area contributed by atoms with Crippen molar-refractivity contribution in [2.24, 2.45) is 5.73 Å². The van der Waals surface area contributed by atoms with Gasteiger partial charge in [0.25, 0.3) is 0 Å². The molecule has 1 aliphatic rings. The van der Waals surface area contributed by atoms with Crippen molar-refractivity contribution < 1.29 is 0 Å².